The van der Waals surface area contributed by atoms with Crippen LogP contribution in [0.5, 0.6) is 0 Å². The molecule has 134 valence electrons. The second kappa shape index (κ2) is 7.17. The maximum absolute atomic E-state index is 12.7. The van der Waals surface area contributed by atoms with Gasteiger partial charge in [-0.1, -0.05) is 0 Å². The van der Waals surface area contributed by atoms with E-state index in [1.54, 1.807) is 11.3 Å². The van der Waals surface area contributed by atoms with Crippen LogP contribution in [0.4, 0.5) is 10.6 Å². The first-order valence-electron chi connectivity index (χ1n) is 9.04. The van der Waals surface area contributed by atoms with Gasteiger partial charge in [0.2, 0.25) is 0 Å². The molecule has 25 heavy (non-hydrogen) atoms. The fourth-order valence-electron chi connectivity index (χ4n) is 3.87. The van der Waals surface area contributed by atoms with Crippen molar-refractivity contribution in [1.82, 2.24) is 19.6 Å². The molecular formula is C18H25N5OS. The molecule has 0 aromatic carbocycles. The number of amides is 2. The maximum Gasteiger partial charge on any atom is 0.323 e. The van der Waals surface area contributed by atoms with E-state index in [1.807, 2.05) is 21.8 Å². The van der Waals surface area contributed by atoms with Crippen molar-refractivity contribution in [1.29, 1.82) is 0 Å². The molecule has 1 unspecified atom stereocenters. The number of anilines is 1. The fraction of sp³-hybridized carbons (Fsp3) is 0.556. The molecule has 2 fully saturated rings. The number of urea groups is 1. The molecule has 4 rings (SSSR count). The number of hydrogen-bond donors (Lipinski definition) is 1. The number of piperidine rings is 1. The van der Waals surface area contributed by atoms with Gasteiger partial charge in [0.15, 0.2) is 5.82 Å². The van der Waals surface area contributed by atoms with Crippen molar-refractivity contribution >= 4 is 23.2 Å². The van der Waals surface area contributed by atoms with E-state index in [0.717, 1.165) is 45.3 Å². The molecule has 0 aliphatic carbocycles. The molecule has 1 N–H and O–H groups in total. The largest absolute Gasteiger partial charge is 0.323 e. The third kappa shape index (κ3) is 3.57. The molecule has 1 atom stereocenters. The number of hydrogen-bond acceptors (Lipinski definition) is 4. The molecule has 2 aliphatic rings. The van der Waals surface area contributed by atoms with E-state index < -0.39 is 0 Å². The minimum atomic E-state index is -0.0395. The quantitative estimate of drug-likeness (QED) is 0.911. The first-order chi connectivity index (χ1) is 12.2. The van der Waals surface area contributed by atoms with Crippen LogP contribution in [0.15, 0.2) is 29.1 Å². The molecule has 2 aromatic rings. The van der Waals surface area contributed by atoms with Crippen molar-refractivity contribution < 1.29 is 4.79 Å². The van der Waals surface area contributed by atoms with Gasteiger partial charge in [-0.05, 0) is 68.2 Å². The third-order valence-corrected chi connectivity index (χ3v) is 6.05. The molecule has 2 saturated heterocycles. The van der Waals surface area contributed by atoms with Gasteiger partial charge in [0.05, 0.1) is 12.1 Å². The summed E-state index contributed by atoms with van der Waals surface area (Å²) in [5.41, 5.74) is 1.24. The van der Waals surface area contributed by atoms with Gasteiger partial charge < -0.3 is 9.80 Å². The Hall–Kier alpha value is -1.86. The van der Waals surface area contributed by atoms with Crippen LogP contribution in [-0.4, -0.2) is 52.3 Å². The van der Waals surface area contributed by atoms with Crippen LogP contribution < -0.4 is 5.32 Å². The molecular weight excluding hydrogens is 334 g/mol. The Morgan fingerprint density at radius 3 is 2.84 bits per heavy atom. The average Bonchev–Trinajstić information content (AvgIpc) is 3.36. The number of carbonyl (C=O) groups is 1. The van der Waals surface area contributed by atoms with Crippen molar-refractivity contribution in [3.05, 3.63) is 34.7 Å². The van der Waals surface area contributed by atoms with Crippen molar-refractivity contribution in [2.24, 2.45) is 0 Å². The predicted octanol–water partition coefficient (Wildman–Crippen LogP) is 3.58. The number of rotatable bonds is 3. The summed E-state index contributed by atoms with van der Waals surface area (Å²) in [5, 5.41) is 11.8. The molecule has 4 heterocycles. The van der Waals surface area contributed by atoms with Crippen LogP contribution in [0.1, 0.15) is 43.3 Å². The second-order valence-corrected chi connectivity index (χ2v) is 7.83. The number of carbonyl (C=O) groups excluding carboxylic acids is 1. The highest BCUT2D eigenvalue weighted by Crippen LogP contribution is 2.33. The zero-order valence-electron chi connectivity index (χ0n) is 14.6. The Labute approximate surface area is 152 Å². The van der Waals surface area contributed by atoms with Crippen molar-refractivity contribution in [2.75, 3.05) is 32.0 Å². The highest BCUT2D eigenvalue weighted by Gasteiger charge is 2.30. The molecule has 0 radical (unpaired) electrons. The smallest absolute Gasteiger partial charge is 0.317 e. The van der Waals surface area contributed by atoms with Crippen molar-refractivity contribution in [3.8, 4) is 0 Å². The Morgan fingerprint density at radius 2 is 2.08 bits per heavy atom. The summed E-state index contributed by atoms with van der Waals surface area (Å²) in [5.74, 6) is 0.653. The molecule has 2 aromatic heterocycles. The van der Waals surface area contributed by atoms with Gasteiger partial charge in [0.25, 0.3) is 0 Å². The Bertz CT molecular complexity index is 705. The zero-order chi connectivity index (χ0) is 17.2. The van der Waals surface area contributed by atoms with Crippen LogP contribution in [0, 0.1) is 0 Å². The van der Waals surface area contributed by atoms with E-state index in [1.165, 1.54) is 5.56 Å². The zero-order valence-corrected chi connectivity index (χ0v) is 15.4. The van der Waals surface area contributed by atoms with Gasteiger partial charge in [0, 0.05) is 18.8 Å². The lowest BCUT2D eigenvalue weighted by Crippen LogP contribution is -2.34. The van der Waals surface area contributed by atoms with Crippen LogP contribution in [-0.2, 0) is 0 Å². The summed E-state index contributed by atoms with van der Waals surface area (Å²) in [6.45, 7) is 3.01. The monoisotopic (exact) mass is 359 g/mol. The molecule has 0 saturated carbocycles. The third-order valence-electron chi connectivity index (χ3n) is 5.35. The highest BCUT2D eigenvalue weighted by molar-refractivity contribution is 7.08. The Balaban J connectivity index is 1.39. The van der Waals surface area contributed by atoms with Gasteiger partial charge in [-0.3, -0.25) is 10.00 Å². The number of nitrogens with one attached hydrogen (secondary N) is 1. The lowest BCUT2D eigenvalue weighted by atomic mass is 10.1. The first kappa shape index (κ1) is 16.6. The van der Waals surface area contributed by atoms with Gasteiger partial charge in [-0.15, -0.1) is 0 Å². The topological polar surface area (TPSA) is 53.4 Å². The minimum absolute atomic E-state index is 0.0395. The van der Waals surface area contributed by atoms with Crippen molar-refractivity contribution in [2.45, 2.75) is 37.8 Å². The summed E-state index contributed by atoms with van der Waals surface area (Å²) < 4.78 is 2.02. The molecule has 2 amide bonds. The normalized spacial score (nSPS) is 22.4. The van der Waals surface area contributed by atoms with Gasteiger partial charge in [0.1, 0.15) is 0 Å². The number of aromatic nitrogens is 2. The second-order valence-electron chi connectivity index (χ2n) is 7.05. The Kier molecular flexibility index (Phi) is 4.76. The molecule has 2 aliphatic heterocycles. The van der Waals surface area contributed by atoms with Gasteiger partial charge in [-0.25, -0.2) is 4.79 Å². The SMILES string of the molecule is CN1CCC(n2ccc(NC(=O)N3CCCC3c3ccsc3)n2)CC1. The first-order valence-corrected chi connectivity index (χ1v) is 9.98. The van der Waals surface area contributed by atoms with Crippen LogP contribution in [0.25, 0.3) is 0 Å². The predicted molar refractivity (Wildman–Crippen MR) is 100 cm³/mol. The van der Waals surface area contributed by atoms with E-state index >= 15 is 0 Å². The molecule has 0 spiro atoms. The van der Waals surface area contributed by atoms with E-state index in [-0.39, 0.29) is 12.1 Å². The number of likely N-dealkylation sites (tertiary alicyclic amines) is 2. The van der Waals surface area contributed by atoms with E-state index in [0.29, 0.717) is 11.9 Å². The summed E-state index contributed by atoms with van der Waals surface area (Å²) in [7, 11) is 2.16. The van der Waals surface area contributed by atoms with E-state index in [9.17, 15) is 4.79 Å². The van der Waals surface area contributed by atoms with E-state index in [2.05, 4.69) is 39.2 Å². The van der Waals surface area contributed by atoms with Crippen LogP contribution in [0.3, 0.4) is 0 Å². The summed E-state index contributed by atoms with van der Waals surface area (Å²) >= 11 is 1.69. The standard InChI is InChI=1S/C18H25N5OS/c1-21-9-4-15(5-10-21)23-11-6-17(20-23)19-18(24)22-8-2-3-16(22)14-7-12-25-13-14/h6-7,11-13,15-16H,2-5,8-10H2,1H3,(H,19,20,24). The molecule has 7 heteroatoms. The Morgan fingerprint density at radius 1 is 1.24 bits per heavy atom. The van der Waals surface area contributed by atoms with Gasteiger partial charge in [-0.2, -0.15) is 16.4 Å². The number of nitrogens with zero attached hydrogens (tertiary/aromatic N) is 4. The number of thiophene rings is 1. The van der Waals surface area contributed by atoms with Crippen LogP contribution >= 0.6 is 11.3 Å². The summed E-state index contributed by atoms with van der Waals surface area (Å²) in [4.78, 5) is 17.0. The van der Waals surface area contributed by atoms with Crippen LogP contribution in [0.2, 0.25) is 0 Å². The molecule has 6 nitrogen and oxygen atoms in total. The van der Waals surface area contributed by atoms with Crippen molar-refractivity contribution in [3.63, 3.8) is 0 Å². The lowest BCUT2D eigenvalue weighted by Gasteiger charge is -2.29. The molecule has 0 bridgehead atoms. The van der Waals surface area contributed by atoms with E-state index in [4.69, 9.17) is 0 Å². The average molecular weight is 359 g/mol. The summed E-state index contributed by atoms with van der Waals surface area (Å²) in [6, 6.07) is 4.62. The fourth-order valence-corrected chi connectivity index (χ4v) is 4.58. The highest BCUT2D eigenvalue weighted by atomic mass is 32.1. The lowest BCUT2D eigenvalue weighted by molar-refractivity contribution is 0.206. The minimum Gasteiger partial charge on any atom is -0.317 e. The maximum atomic E-state index is 12.7. The van der Waals surface area contributed by atoms with Gasteiger partial charge >= 0.3 is 6.03 Å². The summed E-state index contributed by atoms with van der Waals surface area (Å²) in [6.07, 6.45) is 6.30.